The standard InChI is InChI=1S/C49H90O5/c1-4-7-10-13-16-19-21-22-23-24-25-26-27-28-30-31-33-36-39-42-48(50)53-46-47(45-52-44-41-38-35-18-15-12-9-6-3)54-49(51)43-40-37-34-32-29-20-17-14-11-8-5-2/h14,16-17,19,22-23,47H,4-13,15,18,20-21,24-46H2,1-3H3/b17-14-,19-16-,23-22-. The molecule has 0 aromatic carbocycles. The van der Waals surface area contributed by atoms with E-state index >= 15 is 0 Å². The van der Waals surface area contributed by atoms with Gasteiger partial charge in [0.1, 0.15) is 6.61 Å². The normalized spacial score (nSPS) is 12.4. The van der Waals surface area contributed by atoms with Crippen LogP contribution in [-0.4, -0.2) is 37.9 Å². The van der Waals surface area contributed by atoms with E-state index in [1.165, 1.54) is 148 Å². The van der Waals surface area contributed by atoms with Gasteiger partial charge in [0, 0.05) is 19.4 Å². The minimum Gasteiger partial charge on any atom is -0.462 e. The molecule has 0 heterocycles. The van der Waals surface area contributed by atoms with E-state index in [-0.39, 0.29) is 25.2 Å². The van der Waals surface area contributed by atoms with Crippen molar-refractivity contribution in [2.24, 2.45) is 0 Å². The Bertz CT molecular complexity index is 862. The van der Waals surface area contributed by atoms with Crippen LogP contribution in [0.2, 0.25) is 0 Å². The van der Waals surface area contributed by atoms with Crippen LogP contribution in [-0.2, 0) is 23.8 Å². The molecule has 54 heavy (non-hydrogen) atoms. The third-order valence-electron chi connectivity index (χ3n) is 10.1. The van der Waals surface area contributed by atoms with E-state index in [2.05, 4.69) is 57.2 Å². The molecule has 0 aliphatic heterocycles. The van der Waals surface area contributed by atoms with Crippen molar-refractivity contribution >= 4 is 11.9 Å². The predicted octanol–water partition coefficient (Wildman–Crippen LogP) is 15.4. The summed E-state index contributed by atoms with van der Waals surface area (Å²) in [6.45, 7) is 7.76. The lowest BCUT2D eigenvalue weighted by Crippen LogP contribution is -2.30. The summed E-state index contributed by atoms with van der Waals surface area (Å²) >= 11 is 0. The van der Waals surface area contributed by atoms with Crippen molar-refractivity contribution < 1.29 is 23.8 Å². The Kier molecular flexibility index (Phi) is 43.9. The second-order valence-corrected chi connectivity index (χ2v) is 15.7. The average molecular weight is 759 g/mol. The Morgan fingerprint density at radius 2 is 0.796 bits per heavy atom. The highest BCUT2D eigenvalue weighted by Gasteiger charge is 2.17. The van der Waals surface area contributed by atoms with Gasteiger partial charge in [0.15, 0.2) is 6.10 Å². The number of allylic oxidation sites excluding steroid dienone is 6. The molecule has 0 aliphatic carbocycles. The highest BCUT2D eigenvalue weighted by atomic mass is 16.6. The molecule has 0 amide bonds. The number of hydrogen-bond acceptors (Lipinski definition) is 5. The number of carbonyl (C=O) groups excluding carboxylic acids is 2. The van der Waals surface area contributed by atoms with Crippen LogP contribution < -0.4 is 0 Å². The van der Waals surface area contributed by atoms with E-state index in [9.17, 15) is 9.59 Å². The van der Waals surface area contributed by atoms with Gasteiger partial charge < -0.3 is 14.2 Å². The van der Waals surface area contributed by atoms with Crippen molar-refractivity contribution in [3.05, 3.63) is 36.5 Å². The topological polar surface area (TPSA) is 61.8 Å². The Balaban J connectivity index is 4.12. The fourth-order valence-electron chi connectivity index (χ4n) is 6.58. The second-order valence-electron chi connectivity index (χ2n) is 15.7. The molecule has 316 valence electrons. The summed E-state index contributed by atoms with van der Waals surface area (Å²) in [6.07, 6.45) is 52.9. The molecule has 0 aliphatic rings. The van der Waals surface area contributed by atoms with Crippen molar-refractivity contribution in [1.29, 1.82) is 0 Å². The van der Waals surface area contributed by atoms with Crippen LogP contribution >= 0.6 is 0 Å². The summed E-state index contributed by atoms with van der Waals surface area (Å²) in [5, 5.41) is 0. The smallest absolute Gasteiger partial charge is 0.306 e. The SMILES string of the molecule is CCCC/C=C\CCCCCCCC(=O)OC(COCCCCCCCCCC)COC(=O)CCCCCCCCCCC/C=C\C/C=C\CCCCC. The first-order valence-electron chi connectivity index (χ1n) is 23.5. The molecular weight excluding hydrogens is 669 g/mol. The zero-order valence-electron chi connectivity index (χ0n) is 36.2. The molecule has 0 bridgehead atoms. The average Bonchev–Trinajstić information content (AvgIpc) is 3.17. The lowest BCUT2D eigenvalue weighted by Gasteiger charge is -2.18. The van der Waals surface area contributed by atoms with Gasteiger partial charge in [0.05, 0.1) is 6.61 Å². The largest absolute Gasteiger partial charge is 0.462 e. The molecule has 0 radical (unpaired) electrons. The number of ether oxygens (including phenoxy) is 3. The lowest BCUT2D eigenvalue weighted by molar-refractivity contribution is -0.163. The highest BCUT2D eigenvalue weighted by molar-refractivity contribution is 5.70. The van der Waals surface area contributed by atoms with Crippen LogP contribution in [0.25, 0.3) is 0 Å². The Hall–Kier alpha value is -1.88. The van der Waals surface area contributed by atoms with Crippen molar-refractivity contribution in [3.8, 4) is 0 Å². The van der Waals surface area contributed by atoms with E-state index in [1.807, 2.05) is 0 Å². The maximum Gasteiger partial charge on any atom is 0.306 e. The summed E-state index contributed by atoms with van der Waals surface area (Å²) in [5.41, 5.74) is 0. The Morgan fingerprint density at radius 1 is 0.407 bits per heavy atom. The van der Waals surface area contributed by atoms with Crippen molar-refractivity contribution in [2.75, 3.05) is 19.8 Å². The second kappa shape index (κ2) is 45.5. The molecule has 1 unspecified atom stereocenters. The van der Waals surface area contributed by atoms with Crippen LogP contribution in [0.1, 0.15) is 239 Å². The summed E-state index contributed by atoms with van der Waals surface area (Å²) in [6, 6.07) is 0. The van der Waals surface area contributed by atoms with Gasteiger partial charge in [-0.25, -0.2) is 0 Å². The summed E-state index contributed by atoms with van der Waals surface area (Å²) in [7, 11) is 0. The van der Waals surface area contributed by atoms with Gasteiger partial charge in [-0.05, 0) is 70.6 Å². The first-order chi connectivity index (χ1) is 26.6. The number of unbranched alkanes of at least 4 members (excludes halogenated alkanes) is 26. The number of carbonyl (C=O) groups is 2. The Labute approximate surface area is 336 Å². The fourth-order valence-corrected chi connectivity index (χ4v) is 6.58. The number of hydrogen-bond donors (Lipinski definition) is 0. The van der Waals surface area contributed by atoms with E-state index in [4.69, 9.17) is 14.2 Å². The highest BCUT2D eigenvalue weighted by Crippen LogP contribution is 2.14. The third-order valence-corrected chi connectivity index (χ3v) is 10.1. The fraction of sp³-hybridized carbons (Fsp3) is 0.837. The molecule has 5 nitrogen and oxygen atoms in total. The molecule has 1 atom stereocenters. The van der Waals surface area contributed by atoms with E-state index < -0.39 is 6.10 Å². The van der Waals surface area contributed by atoms with Crippen molar-refractivity contribution in [3.63, 3.8) is 0 Å². The van der Waals surface area contributed by atoms with Crippen LogP contribution in [0, 0.1) is 0 Å². The maximum absolute atomic E-state index is 12.7. The van der Waals surface area contributed by atoms with Crippen molar-refractivity contribution in [1.82, 2.24) is 0 Å². The van der Waals surface area contributed by atoms with Crippen LogP contribution in [0.4, 0.5) is 0 Å². The monoisotopic (exact) mass is 759 g/mol. The van der Waals surface area contributed by atoms with Crippen LogP contribution in [0.5, 0.6) is 0 Å². The first kappa shape index (κ1) is 52.1. The van der Waals surface area contributed by atoms with E-state index in [0.29, 0.717) is 19.4 Å². The van der Waals surface area contributed by atoms with Gasteiger partial charge in [-0.1, -0.05) is 192 Å². The zero-order valence-corrected chi connectivity index (χ0v) is 36.2. The molecule has 0 spiro atoms. The molecular formula is C49H90O5. The van der Waals surface area contributed by atoms with Gasteiger partial charge in [0.2, 0.25) is 0 Å². The molecule has 0 saturated heterocycles. The summed E-state index contributed by atoms with van der Waals surface area (Å²) in [4.78, 5) is 25.2. The molecule has 0 aromatic heterocycles. The van der Waals surface area contributed by atoms with Crippen molar-refractivity contribution in [2.45, 2.75) is 245 Å². The van der Waals surface area contributed by atoms with E-state index in [0.717, 1.165) is 57.8 Å². The molecule has 0 N–H and O–H groups in total. The molecule has 0 saturated carbocycles. The van der Waals surface area contributed by atoms with Gasteiger partial charge in [-0.3, -0.25) is 9.59 Å². The lowest BCUT2D eigenvalue weighted by atomic mass is 10.1. The minimum absolute atomic E-state index is 0.0831. The maximum atomic E-state index is 12.7. The molecule has 0 rings (SSSR count). The molecule has 0 fully saturated rings. The molecule has 0 aromatic rings. The van der Waals surface area contributed by atoms with Crippen LogP contribution in [0.3, 0.4) is 0 Å². The first-order valence-corrected chi connectivity index (χ1v) is 23.5. The van der Waals surface area contributed by atoms with Crippen LogP contribution in [0.15, 0.2) is 36.5 Å². The third kappa shape index (κ3) is 42.9. The Morgan fingerprint density at radius 3 is 1.33 bits per heavy atom. The molecule has 5 heteroatoms. The predicted molar refractivity (Wildman–Crippen MR) is 233 cm³/mol. The van der Waals surface area contributed by atoms with Gasteiger partial charge in [-0.15, -0.1) is 0 Å². The summed E-state index contributed by atoms with van der Waals surface area (Å²) < 4.78 is 17.3. The number of rotatable bonds is 43. The number of esters is 2. The summed E-state index contributed by atoms with van der Waals surface area (Å²) in [5.74, 6) is -0.407. The van der Waals surface area contributed by atoms with Gasteiger partial charge in [0.25, 0.3) is 0 Å². The minimum atomic E-state index is -0.534. The zero-order chi connectivity index (χ0) is 39.3. The quantitative estimate of drug-likeness (QED) is 0.0352. The van der Waals surface area contributed by atoms with Gasteiger partial charge in [-0.2, -0.15) is 0 Å². The van der Waals surface area contributed by atoms with Gasteiger partial charge >= 0.3 is 11.9 Å². The van der Waals surface area contributed by atoms with E-state index in [1.54, 1.807) is 0 Å².